The van der Waals surface area contributed by atoms with Gasteiger partial charge in [0.2, 0.25) is 0 Å². The fraction of sp³-hybridized carbons (Fsp3) is 0.250. The summed E-state index contributed by atoms with van der Waals surface area (Å²) < 4.78 is 0. The summed E-state index contributed by atoms with van der Waals surface area (Å²) in [5.74, 6) is 0. The number of nitrogens with one attached hydrogen (secondary N) is 1. The first-order valence-electron chi connectivity index (χ1n) is 6.53. The molecule has 2 rings (SSSR count). The summed E-state index contributed by atoms with van der Waals surface area (Å²) in [7, 11) is 0. The summed E-state index contributed by atoms with van der Waals surface area (Å²) in [5, 5.41) is 14.2. The van der Waals surface area contributed by atoms with Crippen LogP contribution in [0.3, 0.4) is 0 Å². The molecule has 2 aromatic carbocycles. The molecule has 4 nitrogen and oxygen atoms in total. The van der Waals surface area contributed by atoms with Gasteiger partial charge in [-0.1, -0.05) is 24.3 Å². The van der Waals surface area contributed by atoms with Gasteiger partial charge in [0.25, 0.3) is 5.69 Å². The van der Waals surface area contributed by atoms with Crippen molar-refractivity contribution in [1.29, 1.82) is 0 Å². The quantitative estimate of drug-likeness (QED) is 0.671. The third-order valence-corrected chi connectivity index (χ3v) is 3.52. The van der Waals surface area contributed by atoms with Crippen LogP contribution in [0, 0.1) is 30.9 Å². The van der Waals surface area contributed by atoms with Crippen molar-refractivity contribution in [2.24, 2.45) is 0 Å². The van der Waals surface area contributed by atoms with Crippen LogP contribution in [0.4, 0.5) is 11.4 Å². The lowest BCUT2D eigenvalue weighted by atomic mass is 10.0. The number of benzene rings is 2. The predicted molar refractivity (Wildman–Crippen MR) is 81.1 cm³/mol. The molecule has 0 fully saturated rings. The highest BCUT2D eigenvalue weighted by atomic mass is 16.6. The second-order valence-electron chi connectivity index (χ2n) is 4.98. The summed E-state index contributed by atoms with van der Waals surface area (Å²) in [6.07, 6.45) is 0. The van der Waals surface area contributed by atoms with Crippen LogP contribution in [-0.2, 0) is 6.54 Å². The first kappa shape index (κ1) is 14.1. The van der Waals surface area contributed by atoms with Crippen molar-refractivity contribution in [3.8, 4) is 0 Å². The highest BCUT2D eigenvalue weighted by molar-refractivity contribution is 5.55. The Morgan fingerprint density at radius 3 is 2.30 bits per heavy atom. The fourth-order valence-electron chi connectivity index (χ4n) is 2.23. The lowest BCUT2D eigenvalue weighted by Crippen LogP contribution is -2.04. The number of hydrogen-bond donors (Lipinski definition) is 1. The SMILES string of the molecule is Cc1ccc(NCc2c(C)cccc2C)cc1[N+](=O)[O-]. The van der Waals surface area contributed by atoms with Gasteiger partial charge < -0.3 is 5.32 Å². The maximum atomic E-state index is 10.9. The molecule has 1 N–H and O–H groups in total. The van der Waals surface area contributed by atoms with Crippen LogP contribution in [0.2, 0.25) is 0 Å². The Morgan fingerprint density at radius 1 is 1.05 bits per heavy atom. The van der Waals surface area contributed by atoms with E-state index < -0.39 is 0 Å². The number of rotatable bonds is 4. The van der Waals surface area contributed by atoms with E-state index in [4.69, 9.17) is 0 Å². The molecule has 0 aliphatic rings. The molecule has 0 saturated heterocycles. The largest absolute Gasteiger partial charge is 0.381 e. The maximum Gasteiger partial charge on any atom is 0.274 e. The van der Waals surface area contributed by atoms with Crippen LogP contribution >= 0.6 is 0 Å². The van der Waals surface area contributed by atoms with E-state index in [1.54, 1.807) is 19.1 Å². The van der Waals surface area contributed by atoms with E-state index in [-0.39, 0.29) is 10.6 Å². The number of nitrogens with zero attached hydrogens (tertiary/aromatic N) is 1. The molecule has 4 heteroatoms. The molecule has 104 valence electrons. The van der Waals surface area contributed by atoms with Crippen LogP contribution in [0.1, 0.15) is 22.3 Å². The first-order valence-corrected chi connectivity index (χ1v) is 6.53. The van der Waals surface area contributed by atoms with Crippen molar-refractivity contribution < 1.29 is 4.92 Å². The summed E-state index contributed by atoms with van der Waals surface area (Å²) >= 11 is 0. The summed E-state index contributed by atoms with van der Waals surface area (Å²) in [5.41, 5.74) is 5.27. The average Bonchev–Trinajstić information content (AvgIpc) is 2.39. The van der Waals surface area contributed by atoms with E-state index in [9.17, 15) is 10.1 Å². The van der Waals surface area contributed by atoms with Gasteiger partial charge in [-0.15, -0.1) is 0 Å². The fourth-order valence-corrected chi connectivity index (χ4v) is 2.23. The zero-order valence-corrected chi connectivity index (χ0v) is 11.9. The summed E-state index contributed by atoms with van der Waals surface area (Å²) in [4.78, 5) is 10.6. The van der Waals surface area contributed by atoms with Crippen molar-refractivity contribution in [3.63, 3.8) is 0 Å². The zero-order valence-electron chi connectivity index (χ0n) is 11.9. The minimum absolute atomic E-state index is 0.150. The lowest BCUT2D eigenvalue weighted by molar-refractivity contribution is -0.385. The molecular formula is C16H18N2O2. The number of nitro groups is 1. The highest BCUT2D eigenvalue weighted by Crippen LogP contribution is 2.23. The van der Waals surface area contributed by atoms with Gasteiger partial charge in [0.15, 0.2) is 0 Å². The molecule has 0 radical (unpaired) electrons. The molecule has 0 heterocycles. The maximum absolute atomic E-state index is 10.9. The number of anilines is 1. The number of nitro benzene ring substituents is 1. The van der Waals surface area contributed by atoms with Crippen LogP contribution in [0.25, 0.3) is 0 Å². The van der Waals surface area contributed by atoms with Gasteiger partial charge in [0.05, 0.1) is 4.92 Å². The van der Waals surface area contributed by atoms with Crippen molar-refractivity contribution in [3.05, 3.63) is 68.8 Å². The van der Waals surface area contributed by atoms with Crippen molar-refractivity contribution >= 4 is 11.4 Å². The number of hydrogen-bond acceptors (Lipinski definition) is 3. The summed E-state index contributed by atoms with van der Waals surface area (Å²) in [6, 6.07) is 11.4. The second-order valence-corrected chi connectivity index (χ2v) is 4.98. The van der Waals surface area contributed by atoms with Gasteiger partial charge in [-0.05, 0) is 43.5 Å². The standard InChI is InChI=1S/C16H18N2O2/c1-11-5-4-6-12(2)15(11)10-17-14-8-7-13(3)16(9-14)18(19)20/h4-9,17H,10H2,1-3H3. The van der Waals surface area contributed by atoms with Crippen LogP contribution in [0.5, 0.6) is 0 Å². The Kier molecular flexibility index (Phi) is 4.03. The number of aryl methyl sites for hydroxylation is 3. The molecule has 0 aliphatic carbocycles. The smallest absolute Gasteiger partial charge is 0.274 e. The average molecular weight is 270 g/mol. The minimum atomic E-state index is -0.348. The van der Waals surface area contributed by atoms with E-state index in [1.165, 1.54) is 16.7 Å². The molecule has 20 heavy (non-hydrogen) atoms. The van der Waals surface area contributed by atoms with Crippen molar-refractivity contribution in [2.45, 2.75) is 27.3 Å². The predicted octanol–water partition coefficient (Wildman–Crippen LogP) is 4.13. The molecule has 0 bridgehead atoms. The van der Waals surface area contributed by atoms with E-state index in [2.05, 4.69) is 31.3 Å². The van der Waals surface area contributed by atoms with E-state index >= 15 is 0 Å². The second kappa shape index (κ2) is 5.74. The molecule has 0 saturated carbocycles. The molecule has 0 unspecified atom stereocenters. The molecule has 0 amide bonds. The first-order chi connectivity index (χ1) is 9.49. The molecule has 2 aromatic rings. The third kappa shape index (κ3) is 2.96. The molecule has 0 spiro atoms. The Labute approximate surface area is 118 Å². The topological polar surface area (TPSA) is 55.2 Å². The lowest BCUT2D eigenvalue weighted by Gasteiger charge is -2.12. The van der Waals surface area contributed by atoms with Gasteiger partial charge >= 0.3 is 0 Å². The van der Waals surface area contributed by atoms with Gasteiger partial charge in [-0.3, -0.25) is 10.1 Å². The van der Waals surface area contributed by atoms with Gasteiger partial charge in [-0.25, -0.2) is 0 Å². The van der Waals surface area contributed by atoms with Crippen LogP contribution in [-0.4, -0.2) is 4.92 Å². The third-order valence-electron chi connectivity index (χ3n) is 3.52. The minimum Gasteiger partial charge on any atom is -0.381 e. The van der Waals surface area contributed by atoms with E-state index in [0.29, 0.717) is 12.1 Å². The van der Waals surface area contributed by atoms with E-state index in [1.807, 2.05) is 12.1 Å². The van der Waals surface area contributed by atoms with Crippen molar-refractivity contribution in [2.75, 3.05) is 5.32 Å². The Bertz CT molecular complexity index is 631. The molecule has 0 atom stereocenters. The van der Waals surface area contributed by atoms with Crippen molar-refractivity contribution in [1.82, 2.24) is 0 Å². The van der Waals surface area contributed by atoms with Gasteiger partial charge in [0, 0.05) is 23.9 Å². The molecule has 0 aliphatic heterocycles. The zero-order chi connectivity index (χ0) is 14.7. The van der Waals surface area contributed by atoms with Crippen LogP contribution < -0.4 is 5.32 Å². The Morgan fingerprint density at radius 2 is 1.70 bits per heavy atom. The van der Waals surface area contributed by atoms with Gasteiger partial charge in [-0.2, -0.15) is 0 Å². The Balaban J connectivity index is 2.19. The van der Waals surface area contributed by atoms with E-state index in [0.717, 1.165) is 5.69 Å². The van der Waals surface area contributed by atoms with Gasteiger partial charge in [0.1, 0.15) is 0 Å². The normalized spacial score (nSPS) is 10.3. The monoisotopic (exact) mass is 270 g/mol. The highest BCUT2D eigenvalue weighted by Gasteiger charge is 2.11. The summed E-state index contributed by atoms with van der Waals surface area (Å²) in [6.45, 7) is 6.55. The Hall–Kier alpha value is -2.36. The molecular weight excluding hydrogens is 252 g/mol. The van der Waals surface area contributed by atoms with Crippen LogP contribution in [0.15, 0.2) is 36.4 Å². The molecule has 0 aromatic heterocycles.